The predicted octanol–water partition coefficient (Wildman–Crippen LogP) is 12.8. The number of benzene rings is 8. The fourth-order valence-electron chi connectivity index (χ4n) is 8.23. The minimum atomic E-state index is -0.648. The lowest BCUT2D eigenvalue weighted by atomic mass is 10.1. The van der Waals surface area contributed by atoms with Crippen LogP contribution in [0.2, 0.25) is 0 Å². The Kier molecular flexibility index (Phi) is 5.30. The van der Waals surface area contributed by atoms with Gasteiger partial charge in [0, 0.05) is 54.7 Å². The molecule has 0 bridgehead atoms. The molecule has 0 atom stereocenters. The molecule has 0 N–H and O–H groups in total. The first-order valence-electron chi connectivity index (χ1n) is 23.7. The lowest BCUT2D eigenvalue weighted by Gasteiger charge is -2.13. The highest BCUT2D eigenvalue weighted by Gasteiger charge is 2.21. The molecular weight excluding hydrogens is 725 g/mol. The van der Waals surface area contributed by atoms with Crippen LogP contribution < -0.4 is 0 Å². The first kappa shape index (κ1) is 24.3. The molecule has 8 aromatic carbocycles. The maximum atomic E-state index is 11.0. The lowest BCUT2D eigenvalue weighted by molar-refractivity contribution is 0.669. The van der Waals surface area contributed by atoms with Gasteiger partial charge in [0.2, 0.25) is 0 Å². The molecule has 59 heavy (non-hydrogen) atoms. The number of aromatic nitrogens is 5. The summed E-state index contributed by atoms with van der Waals surface area (Å²) < 4.78 is 95.1. The summed E-state index contributed by atoms with van der Waals surface area (Å²) in [5.41, 5.74) is 6.30. The minimum Gasteiger partial charge on any atom is -0.456 e. The third-order valence-corrected chi connectivity index (χ3v) is 10.8. The molecule has 0 radical (unpaired) electrons. The van der Waals surface area contributed by atoms with Gasteiger partial charge in [-0.15, -0.1) is 0 Å². The summed E-state index contributed by atoms with van der Waals surface area (Å²) in [6.07, 6.45) is 0. The van der Waals surface area contributed by atoms with E-state index in [2.05, 4.69) is 68.1 Å². The number of fused-ring (bicyclic) bond motifs is 9. The highest BCUT2D eigenvalue weighted by molar-refractivity contribution is 6.19. The largest absolute Gasteiger partial charge is 0.456 e. The van der Waals surface area contributed by atoms with Crippen LogP contribution in [0.3, 0.4) is 0 Å². The molecule has 274 valence electrons. The first-order valence-corrected chi connectivity index (χ1v) is 18.7. The Morgan fingerprint density at radius 2 is 1.02 bits per heavy atom. The van der Waals surface area contributed by atoms with Gasteiger partial charge in [0.25, 0.3) is 0 Å². The van der Waals surface area contributed by atoms with E-state index in [4.69, 9.17) is 18.1 Å². The number of rotatable bonds is 5. The van der Waals surface area contributed by atoms with E-state index >= 15 is 0 Å². The standard InChI is InChI=1S/C52H30N6O/c53-31-35-27-34(52-55-50(32-13-3-1-4-14-32)54-51(56-52)33-15-5-2-6-16-33)23-25-43(35)58-45-21-11-8-18-38(45)41-29-40-37-17-7-10-20-44(37)57(46(40)30-47(41)58)36-24-26-49-42(28-36)39-19-9-12-22-48(39)59-49/h1-30H/i1D,2D,3D,4D,5D,6D,13D,14D,15D,16D. The van der Waals surface area contributed by atoms with Gasteiger partial charge in [-0.25, -0.2) is 15.0 Å². The third kappa shape index (κ3) is 5.10. The molecule has 0 unspecified atom stereocenters. The van der Waals surface area contributed by atoms with E-state index < -0.39 is 72.1 Å². The van der Waals surface area contributed by atoms with E-state index in [1.54, 1.807) is 18.2 Å². The van der Waals surface area contributed by atoms with Crippen LogP contribution in [0.1, 0.15) is 19.3 Å². The van der Waals surface area contributed by atoms with Crippen molar-refractivity contribution in [3.63, 3.8) is 0 Å². The van der Waals surface area contributed by atoms with Crippen molar-refractivity contribution >= 4 is 65.6 Å². The summed E-state index contributed by atoms with van der Waals surface area (Å²) in [7, 11) is 0. The molecule has 0 aliphatic rings. The van der Waals surface area contributed by atoms with Crippen molar-refractivity contribution in [2.75, 3.05) is 0 Å². The molecule has 0 spiro atoms. The number of nitrogens with zero attached hydrogens (tertiary/aromatic N) is 6. The van der Waals surface area contributed by atoms with E-state index in [0.717, 1.165) is 71.2 Å². The topological polar surface area (TPSA) is 85.5 Å². The van der Waals surface area contributed by atoms with Crippen molar-refractivity contribution in [1.29, 1.82) is 5.26 Å². The molecule has 0 saturated carbocycles. The molecule has 0 amide bonds. The van der Waals surface area contributed by atoms with Crippen LogP contribution in [-0.2, 0) is 0 Å². The molecule has 0 aliphatic carbocycles. The second-order valence-electron chi connectivity index (χ2n) is 14.0. The highest BCUT2D eigenvalue weighted by atomic mass is 16.3. The average Bonchev–Trinajstić information content (AvgIpc) is 4.02. The Morgan fingerprint density at radius 3 is 1.68 bits per heavy atom. The van der Waals surface area contributed by atoms with Gasteiger partial charge >= 0.3 is 0 Å². The number of nitriles is 1. The Hall–Kier alpha value is -8.34. The van der Waals surface area contributed by atoms with Crippen LogP contribution in [0.15, 0.2) is 186 Å². The second kappa shape index (κ2) is 12.8. The summed E-state index contributed by atoms with van der Waals surface area (Å²) in [4.78, 5) is 13.6. The lowest BCUT2D eigenvalue weighted by Crippen LogP contribution is -2.02. The highest BCUT2D eigenvalue weighted by Crippen LogP contribution is 2.41. The summed E-state index contributed by atoms with van der Waals surface area (Å²) in [5, 5.41) is 17.0. The van der Waals surface area contributed by atoms with E-state index in [9.17, 15) is 5.26 Å². The summed E-state index contributed by atoms with van der Waals surface area (Å²) in [5.74, 6) is -0.945. The molecule has 12 aromatic rings. The van der Waals surface area contributed by atoms with Gasteiger partial charge in [-0.1, -0.05) is 115 Å². The number of para-hydroxylation sites is 3. The number of furan rings is 1. The average molecular weight is 765 g/mol. The van der Waals surface area contributed by atoms with Crippen molar-refractivity contribution < 1.29 is 18.1 Å². The fraction of sp³-hybridized carbons (Fsp3) is 0. The molecule has 4 heterocycles. The molecule has 0 aliphatic heterocycles. The van der Waals surface area contributed by atoms with Gasteiger partial charge in [0.05, 0.1) is 47.0 Å². The Balaban J connectivity index is 1.09. The Labute approximate surface area is 351 Å². The first-order chi connectivity index (χ1) is 33.3. The van der Waals surface area contributed by atoms with Crippen molar-refractivity contribution in [3.8, 4) is 51.6 Å². The number of hydrogen-bond donors (Lipinski definition) is 0. The SMILES string of the molecule is [2H]c1c([2H])c([2H])c(-c2nc(-c3ccc(-n4c5ccccc5c5cc6c7ccccc7n(-c7ccc8oc9ccccc9c8c7)c6cc54)c(C#N)c3)nc(-c3c([2H])c([2H])c([2H])c([2H])c3[2H])n2)c([2H])c1[2H]. The van der Waals surface area contributed by atoms with Crippen LogP contribution >= 0.6 is 0 Å². The maximum absolute atomic E-state index is 11.0. The smallest absolute Gasteiger partial charge is 0.164 e. The van der Waals surface area contributed by atoms with Crippen LogP contribution in [0.25, 0.3) is 111 Å². The van der Waals surface area contributed by atoms with Crippen molar-refractivity contribution in [2.24, 2.45) is 0 Å². The normalized spacial score (nSPS) is 14.1. The van der Waals surface area contributed by atoms with Gasteiger partial charge in [-0.3, -0.25) is 0 Å². The van der Waals surface area contributed by atoms with Crippen molar-refractivity contribution in [2.45, 2.75) is 0 Å². The van der Waals surface area contributed by atoms with Gasteiger partial charge in [0.1, 0.15) is 17.2 Å². The van der Waals surface area contributed by atoms with Gasteiger partial charge in [-0.2, -0.15) is 5.26 Å². The van der Waals surface area contributed by atoms with Gasteiger partial charge in [-0.05, 0) is 66.7 Å². The number of hydrogen-bond acceptors (Lipinski definition) is 5. The maximum Gasteiger partial charge on any atom is 0.164 e. The summed E-state index contributed by atoms with van der Waals surface area (Å²) in [6.45, 7) is 0. The van der Waals surface area contributed by atoms with Crippen LogP contribution in [0.4, 0.5) is 0 Å². The van der Waals surface area contributed by atoms with E-state index in [0.29, 0.717) is 5.69 Å². The minimum absolute atomic E-state index is 0.146. The van der Waals surface area contributed by atoms with Crippen LogP contribution in [0.5, 0.6) is 0 Å². The Bertz CT molecular complexity index is 4160. The van der Waals surface area contributed by atoms with E-state index in [-0.39, 0.29) is 28.1 Å². The summed E-state index contributed by atoms with van der Waals surface area (Å²) in [6, 6.07) is 35.7. The predicted molar refractivity (Wildman–Crippen MR) is 237 cm³/mol. The molecule has 7 nitrogen and oxygen atoms in total. The fourth-order valence-corrected chi connectivity index (χ4v) is 8.23. The molecule has 0 saturated heterocycles. The Morgan fingerprint density at radius 1 is 0.458 bits per heavy atom. The van der Waals surface area contributed by atoms with Crippen molar-refractivity contribution in [1.82, 2.24) is 24.1 Å². The third-order valence-electron chi connectivity index (χ3n) is 10.8. The zero-order valence-corrected chi connectivity index (χ0v) is 30.6. The molecule has 7 heteroatoms. The quantitative estimate of drug-likeness (QED) is 0.174. The van der Waals surface area contributed by atoms with Crippen LogP contribution in [0, 0.1) is 11.3 Å². The van der Waals surface area contributed by atoms with Gasteiger partial charge in [0.15, 0.2) is 17.5 Å². The van der Waals surface area contributed by atoms with Gasteiger partial charge < -0.3 is 13.6 Å². The van der Waals surface area contributed by atoms with E-state index in [1.165, 1.54) is 0 Å². The van der Waals surface area contributed by atoms with Crippen molar-refractivity contribution in [3.05, 3.63) is 187 Å². The second-order valence-corrected chi connectivity index (χ2v) is 14.0. The molecule has 4 aromatic heterocycles. The zero-order chi connectivity index (χ0) is 47.7. The monoisotopic (exact) mass is 764 g/mol. The molecular formula is C52H30N6O. The van der Waals surface area contributed by atoms with Crippen LogP contribution in [-0.4, -0.2) is 24.1 Å². The zero-order valence-electron chi connectivity index (χ0n) is 40.6. The summed E-state index contributed by atoms with van der Waals surface area (Å²) >= 11 is 0. The van der Waals surface area contributed by atoms with E-state index in [1.807, 2.05) is 65.2 Å². The molecule has 12 rings (SSSR count). The molecule has 0 fully saturated rings.